The second kappa shape index (κ2) is 8.28. The Hall–Kier alpha value is -1.19. The molecule has 0 aromatic heterocycles. The summed E-state index contributed by atoms with van der Waals surface area (Å²) in [5.74, 6) is -1.05. The summed E-state index contributed by atoms with van der Waals surface area (Å²) in [6, 6.07) is 0. The van der Waals surface area contributed by atoms with Crippen LogP contribution in [0.1, 0.15) is 33.1 Å². The van der Waals surface area contributed by atoms with E-state index in [1.807, 2.05) is 19.9 Å². The van der Waals surface area contributed by atoms with Crippen molar-refractivity contribution in [2.75, 3.05) is 26.2 Å². The van der Waals surface area contributed by atoms with Gasteiger partial charge in [0, 0.05) is 7.11 Å². The maximum Gasteiger partial charge on any atom is 0.414 e. The van der Waals surface area contributed by atoms with Crippen molar-refractivity contribution in [3.63, 3.8) is 0 Å². The average molecular weight is 418 g/mol. The normalized spacial score (nSPS) is 39.5. The van der Waals surface area contributed by atoms with Crippen molar-refractivity contribution in [1.29, 1.82) is 0 Å². The van der Waals surface area contributed by atoms with E-state index >= 15 is 0 Å². The summed E-state index contributed by atoms with van der Waals surface area (Å²) >= 11 is 5.41. The first-order valence-electron chi connectivity index (χ1n) is 9.47. The molecular weight excluding hydrogens is 390 g/mol. The number of ether oxygens (including phenoxy) is 4. The Morgan fingerprint density at radius 2 is 2.14 bits per heavy atom. The first-order chi connectivity index (χ1) is 13.3. The first-order valence-corrected chi connectivity index (χ1v) is 10.0. The molecule has 28 heavy (non-hydrogen) atoms. The number of amides is 2. The van der Waals surface area contributed by atoms with Crippen LogP contribution in [-0.4, -0.2) is 72.8 Å². The fourth-order valence-electron chi connectivity index (χ4n) is 4.41. The quantitative estimate of drug-likeness (QED) is 0.367. The molecule has 2 saturated heterocycles. The Balaban J connectivity index is 1.72. The van der Waals surface area contributed by atoms with Gasteiger partial charge in [-0.25, -0.2) is 4.79 Å². The highest BCUT2D eigenvalue weighted by Crippen LogP contribution is 2.59. The lowest BCUT2D eigenvalue weighted by atomic mass is 9.68. The molecule has 1 aliphatic carbocycles. The number of halogens is 1. The van der Waals surface area contributed by atoms with Gasteiger partial charge in [-0.05, 0) is 33.1 Å². The number of hydrogen-bond donors (Lipinski definition) is 2. The number of alkyl carbamates (subject to hydrolysis) is 1. The van der Waals surface area contributed by atoms with Gasteiger partial charge in [-0.15, -0.1) is 11.6 Å². The molecule has 0 aromatic rings. The third kappa shape index (κ3) is 4.21. The number of methoxy groups -OCH3 is 1. The Kier molecular flexibility index (Phi) is 6.36. The molecule has 3 rings (SSSR count). The topological polar surface area (TPSA) is 110 Å². The zero-order chi connectivity index (χ0) is 20.5. The van der Waals surface area contributed by atoms with Crippen LogP contribution in [-0.2, 0) is 23.7 Å². The van der Waals surface area contributed by atoms with Gasteiger partial charge in [0.25, 0.3) is 0 Å². The second-order valence-corrected chi connectivity index (χ2v) is 8.20. The average Bonchev–Trinajstić information content (AvgIpc) is 3.58. The van der Waals surface area contributed by atoms with Gasteiger partial charge in [0.05, 0.1) is 25.2 Å². The molecule has 1 saturated carbocycles. The molecule has 0 bridgehead atoms. The molecule has 2 aliphatic heterocycles. The zero-order valence-corrected chi connectivity index (χ0v) is 17.2. The van der Waals surface area contributed by atoms with Crippen LogP contribution in [0, 0.1) is 5.92 Å². The van der Waals surface area contributed by atoms with E-state index in [-0.39, 0.29) is 30.1 Å². The third-order valence-electron chi connectivity index (χ3n) is 6.05. The minimum absolute atomic E-state index is 0.0205. The lowest BCUT2D eigenvalue weighted by Crippen LogP contribution is -2.56. The van der Waals surface area contributed by atoms with Crippen molar-refractivity contribution in [2.45, 2.75) is 62.6 Å². The van der Waals surface area contributed by atoms with E-state index in [4.69, 9.17) is 30.5 Å². The molecule has 158 valence electrons. The van der Waals surface area contributed by atoms with E-state index in [2.05, 4.69) is 5.32 Å². The van der Waals surface area contributed by atoms with Gasteiger partial charge in [0.1, 0.15) is 29.3 Å². The highest BCUT2D eigenvalue weighted by molar-refractivity contribution is 6.28. The minimum Gasteiger partial charge on any atom is -0.443 e. The van der Waals surface area contributed by atoms with Crippen LogP contribution < -0.4 is 5.32 Å². The largest absolute Gasteiger partial charge is 0.443 e. The van der Waals surface area contributed by atoms with E-state index < -0.39 is 29.8 Å². The molecule has 0 aromatic carbocycles. The van der Waals surface area contributed by atoms with Crippen molar-refractivity contribution in [3.05, 3.63) is 11.6 Å². The fraction of sp³-hybridized carbons (Fsp3) is 0.789. The summed E-state index contributed by atoms with van der Waals surface area (Å²) in [5, 5.41) is 11.3. The number of epoxide rings is 2. The Labute approximate surface area is 169 Å². The molecular formula is C19H28ClNO7. The highest BCUT2D eigenvalue weighted by atomic mass is 35.5. The summed E-state index contributed by atoms with van der Waals surface area (Å²) in [5.41, 5.74) is 0.0832. The minimum atomic E-state index is -0.830. The molecule has 0 radical (unpaired) electrons. The number of carbonyl (C=O) groups excluding carboxylic acids is 2. The van der Waals surface area contributed by atoms with E-state index in [9.17, 15) is 14.7 Å². The molecule has 2 N–H and O–H groups in total. The van der Waals surface area contributed by atoms with Crippen LogP contribution in [0.4, 0.5) is 4.79 Å². The number of aliphatic hydroxyl groups is 1. The Morgan fingerprint density at radius 1 is 1.43 bits per heavy atom. The van der Waals surface area contributed by atoms with Gasteiger partial charge in [0.2, 0.25) is 5.91 Å². The Bertz CT molecular complexity index is 650. The summed E-state index contributed by atoms with van der Waals surface area (Å²) in [6.07, 6.45) is 2.14. The molecule has 2 amide bonds. The van der Waals surface area contributed by atoms with Crippen LogP contribution in [0.15, 0.2) is 11.6 Å². The van der Waals surface area contributed by atoms with Crippen LogP contribution in [0.3, 0.4) is 0 Å². The lowest BCUT2D eigenvalue weighted by Gasteiger charge is -2.42. The molecule has 9 heteroatoms. The zero-order valence-electron chi connectivity index (χ0n) is 16.4. The van der Waals surface area contributed by atoms with Crippen LogP contribution in [0.2, 0.25) is 0 Å². The first kappa shape index (κ1) is 21.5. The Morgan fingerprint density at radius 3 is 2.71 bits per heavy atom. The predicted octanol–water partition coefficient (Wildman–Crippen LogP) is 1.53. The summed E-state index contributed by atoms with van der Waals surface area (Å²) < 4.78 is 23.1. The third-order valence-corrected chi connectivity index (χ3v) is 6.29. The van der Waals surface area contributed by atoms with Gasteiger partial charge in [-0.2, -0.15) is 0 Å². The lowest BCUT2D eigenvalue weighted by molar-refractivity contribution is -0.124. The number of alkyl halides is 1. The van der Waals surface area contributed by atoms with E-state index in [1.54, 1.807) is 7.11 Å². The maximum atomic E-state index is 12.0. The molecule has 3 aliphatic rings. The van der Waals surface area contributed by atoms with Crippen molar-refractivity contribution in [1.82, 2.24) is 5.32 Å². The SMILES string of the molecule is CO[C@H]1C(C2(C)OC2C/C=C(\C)CO)[C@]2(CC[C@H]1OC(=O)NC(=O)CCl)CO2. The fourth-order valence-corrected chi connectivity index (χ4v) is 4.48. The highest BCUT2D eigenvalue weighted by Gasteiger charge is 2.72. The predicted molar refractivity (Wildman–Crippen MR) is 100 cm³/mol. The van der Waals surface area contributed by atoms with Crippen LogP contribution in [0.5, 0.6) is 0 Å². The van der Waals surface area contributed by atoms with Crippen LogP contribution in [0.25, 0.3) is 0 Å². The van der Waals surface area contributed by atoms with E-state index in [1.165, 1.54) is 0 Å². The maximum absolute atomic E-state index is 12.0. The molecule has 1 spiro atoms. The van der Waals surface area contributed by atoms with Crippen molar-refractivity contribution in [3.8, 4) is 0 Å². The van der Waals surface area contributed by atoms with Gasteiger partial charge in [0.15, 0.2) is 0 Å². The van der Waals surface area contributed by atoms with Gasteiger partial charge in [-0.1, -0.05) is 11.6 Å². The number of hydrogen-bond acceptors (Lipinski definition) is 7. The smallest absolute Gasteiger partial charge is 0.414 e. The number of rotatable bonds is 7. The summed E-state index contributed by atoms with van der Waals surface area (Å²) in [7, 11) is 1.58. The number of aliphatic hydroxyl groups excluding tert-OH is 1. The second-order valence-electron chi connectivity index (χ2n) is 7.93. The standard InChI is InChI=1S/C19H28ClNO7/c1-11(9-22)4-5-13-18(2,28-13)16-15(25-3)12(6-7-19(16)10-26-19)27-17(24)21-14(23)8-20/h4,12-13,15-16,22H,5-10H2,1-3H3,(H,21,23,24)/b11-4+/t12-,13?,15-,16?,18?,19+/m1/s1. The van der Waals surface area contributed by atoms with Gasteiger partial charge >= 0.3 is 6.09 Å². The van der Waals surface area contributed by atoms with Gasteiger partial charge < -0.3 is 24.1 Å². The molecule has 8 nitrogen and oxygen atoms in total. The van der Waals surface area contributed by atoms with Crippen molar-refractivity contribution in [2.24, 2.45) is 5.92 Å². The summed E-state index contributed by atoms with van der Waals surface area (Å²) in [6.45, 7) is 4.54. The number of imide groups is 1. The van der Waals surface area contributed by atoms with Gasteiger partial charge in [-0.3, -0.25) is 10.1 Å². The molecule has 3 unspecified atom stereocenters. The molecule has 3 fully saturated rings. The van der Waals surface area contributed by atoms with Crippen LogP contribution >= 0.6 is 11.6 Å². The molecule has 2 heterocycles. The van der Waals surface area contributed by atoms with E-state index in [0.29, 0.717) is 19.4 Å². The van der Waals surface area contributed by atoms with E-state index in [0.717, 1.165) is 12.0 Å². The monoisotopic (exact) mass is 417 g/mol. The number of nitrogens with one attached hydrogen (secondary N) is 1. The van der Waals surface area contributed by atoms with Crippen molar-refractivity contribution < 1.29 is 33.6 Å². The summed E-state index contributed by atoms with van der Waals surface area (Å²) in [4.78, 5) is 23.3. The number of carbonyl (C=O) groups is 2. The molecule has 6 atom stereocenters. The van der Waals surface area contributed by atoms with Crippen molar-refractivity contribution >= 4 is 23.6 Å².